The summed E-state index contributed by atoms with van der Waals surface area (Å²) in [7, 11) is 0. The van der Waals surface area contributed by atoms with Crippen LogP contribution in [0.2, 0.25) is 0 Å². The van der Waals surface area contributed by atoms with Gasteiger partial charge in [-0.15, -0.1) is 0 Å². The smallest absolute Gasteiger partial charge is 1.00 e. The van der Waals surface area contributed by atoms with E-state index in [2.05, 4.69) is 0 Å². The Morgan fingerprint density at radius 3 is 1.25 bits per heavy atom. The van der Waals surface area contributed by atoms with E-state index >= 15 is 0 Å². The fourth-order valence-electron chi connectivity index (χ4n) is 0. The van der Waals surface area contributed by atoms with Gasteiger partial charge >= 0.3 is 23.1 Å². The summed E-state index contributed by atoms with van der Waals surface area (Å²) >= 11 is 0. The van der Waals surface area contributed by atoms with E-state index < -0.39 is 0 Å². The minimum atomic E-state index is 0. The van der Waals surface area contributed by atoms with Crippen LogP contribution in [0.5, 0.6) is 0 Å². The standard InChI is InChI=1S/Al.Ce.Mg.Tb.5H/q;;+2;;;;;2*-1. The maximum Gasteiger partial charge on any atom is 2.00 e. The van der Waals surface area contributed by atoms with Gasteiger partial charge in [-0.2, -0.15) is 0 Å². The van der Waals surface area contributed by atoms with Crippen molar-refractivity contribution in [2.45, 2.75) is 0 Å². The summed E-state index contributed by atoms with van der Waals surface area (Å²) in [5.74, 6) is 0. The SMILES string of the molecule is [AlH3].[Ce].[H-].[H-].[Mg+2].[Tb]. The molecule has 0 aliphatic carbocycles. The summed E-state index contributed by atoms with van der Waals surface area (Å²) < 4.78 is 0. The van der Waals surface area contributed by atoms with Gasteiger partial charge in [-0.25, -0.2) is 0 Å². The van der Waals surface area contributed by atoms with Gasteiger partial charge in [0.05, 0.1) is 0 Å². The average Bonchev–Trinajstić information content (AvgIpc) is 0. The van der Waals surface area contributed by atoms with E-state index in [4.69, 9.17) is 0 Å². The molecule has 0 aliphatic heterocycles. The number of hydrogen-bond acceptors (Lipinski definition) is 0. The van der Waals surface area contributed by atoms with E-state index in [0.29, 0.717) is 0 Å². The summed E-state index contributed by atoms with van der Waals surface area (Å²) in [6.45, 7) is 0. The number of rotatable bonds is 0. The van der Waals surface area contributed by atoms with Crippen LogP contribution in [-0.4, -0.2) is 40.4 Å². The third-order valence-corrected chi connectivity index (χ3v) is 0. The molecule has 0 unspecified atom stereocenters. The van der Waals surface area contributed by atoms with Gasteiger partial charge < -0.3 is 2.85 Å². The molecule has 0 amide bonds. The van der Waals surface area contributed by atoms with E-state index in [1.54, 1.807) is 0 Å². The van der Waals surface area contributed by atoms with Crippen molar-refractivity contribution in [2.75, 3.05) is 0 Å². The van der Waals surface area contributed by atoms with Gasteiger partial charge in [-0.3, -0.25) is 0 Å². The van der Waals surface area contributed by atoms with E-state index in [0.717, 1.165) is 0 Å². The first-order valence-corrected chi connectivity index (χ1v) is 0. The summed E-state index contributed by atoms with van der Waals surface area (Å²) in [6.07, 6.45) is 0. The summed E-state index contributed by atoms with van der Waals surface area (Å²) in [5, 5.41) is 0. The molecule has 0 aromatic heterocycles. The van der Waals surface area contributed by atoms with E-state index in [1.165, 1.54) is 0 Å². The molecule has 0 nitrogen and oxygen atoms in total. The predicted octanol–water partition coefficient (Wildman–Crippen LogP) is -1.34. The first-order valence-electron chi connectivity index (χ1n) is 0. The second-order valence-corrected chi connectivity index (χ2v) is 0. The van der Waals surface area contributed by atoms with Crippen molar-refractivity contribution in [3.8, 4) is 0 Å². The molecular weight excluding hydrogens is 350 g/mol. The fourth-order valence-corrected chi connectivity index (χ4v) is 0. The van der Waals surface area contributed by atoms with Gasteiger partial charge in [0.1, 0.15) is 0 Å². The third kappa shape index (κ3) is 9.35. The van der Waals surface area contributed by atoms with Crippen LogP contribution < -0.4 is 0 Å². The Morgan fingerprint density at radius 1 is 1.25 bits per heavy atom. The van der Waals surface area contributed by atoms with E-state index in [1.807, 2.05) is 0 Å². The van der Waals surface area contributed by atoms with Crippen LogP contribution in [-0.2, 0) is 0 Å². The Kier molecular flexibility index (Phi) is 96.9. The van der Waals surface area contributed by atoms with Gasteiger partial charge in [0.25, 0.3) is 0 Å². The Balaban J connectivity index is 0. The molecule has 0 N–H and O–H groups in total. The molecule has 4 heavy (non-hydrogen) atoms. The summed E-state index contributed by atoms with van der Waals surface area (Å²) in [6, 6.07) is 0. The maximum atomic E-state index is 0. The molecule has 1 radical (unpaired) electrons. The molecule has 0 saturated carbocycles. The second kappa shape index (κ2) is 15.8. The van der Waals surface area contributed by atoms with E-state index in [-0.39, 0.29) is 124 Å². The normalized spacial score (nSPS) is 0. The van der Waals surface area contributed by atoms with Crippen LogP contribution in [0.3, 0.4) is 0 Å². The van der Waals surface area contributed by atoms with Crippen molar-refractivity contribution in [2.24, 2.45) is 0 Å². The molecule has 0 atom stereocenters. The largest absolute Gasteiger partial charge is 2.00 e. The monoisotopic (exact) mass is 355 g/mol. The van der Waals surface area contributed by atoms with Gasteiger partial charge in [0.15, 0.2) is 17.4 Å². The number of hydrogen-bond donors (Lipinski definition) is 0. The molecule has 0 bridgehead atoms. The van der Waals surface area contributed by atoms with Crippen LogP contribution in [0.15, 0.2) is 0 Å². The van der Waals surface area contributed by atoms with Crippen molar-refractivity contribution < 1.29 is 83.2 Å². The van der Waals surface area contributed by atoms with Crippen molar-refractivity contribution in [1.82, 2.24) is 0 Å². The van der Waals surface area contributed by atoms with Gasteiger partial charge in [-0.05, 0) is 0 Å². The van der Waals surface area contributed by atoms with Gasteiger partial charge in [0, 0.05) is 80.4 Å². The van der Waals surface area contributed by atoms with Crippen molar-refractivity contribution in [1.29, 1.82) is 0 Å². The Hall–Kier alpha value is 3.96. The van der Waals surface area contributed by atoms with Crippen LogP contribution in [0.4, 0.5) is 0 Å². The van der Waals surface area contributed by atoms with Crippen molar-refractivity contribution in [3.05, 3.63) is 0 Å². The Bertz CT molecular complexity index is 13.5. The van der Waals surface area contributed by atoms with Crippen LogP contribution >= 0.6 is 0 Å². The third-order valence-electron chi connectivity index (χ3n) is 0. The summed E-state index contributed by atoms with van der Waals surface area (Å²) in [4.78, 5) is 0. The molecule has 0 spiro atoms. The molecule has 0 heterocycles. The van der Waals surface area contributed by atoms with Crippen LogP contribution in [0.25, 0.3) is 0 Å². The zero-order valence-electron chi connectivity index (χ0n) is 3.54. The molecule has 4 heteroatoms. The van der Waals surface area contributed by atoms with Gasteiger partial charge in [-0.1, -0.05) is 0 Å². The molecule has 0 saturated heterocycles. The van der Waals surface area contributed by atoms with Crippen molar-refractivity contribution >= 4 is 40.4 Å². The maximum absolute atomic E-state index is 0. The fraction of sp³-hybridized carbons (Fsp3) is 0. The first kappa shape index (κ1) is 24.6. The second-order valence-electron chi connectivity index (χ2n) is 0. The molecule has 23 valence electrons. The van der Waals surface area contributed by atoms with Crippen LogP contribution in [0, 0.1) is 80.4 Å². The topological polar surface area (TPSA) is 0 Å². The average molecular weight is 355 g/mol. The van der Waals surface area contributed by atoms with Crippen molar-refractivity contribution in [3.63, 3.8) is 0 Å². The Morgan fingerprint density at radius 2 is 1.25 bits per heavy atom. The molecule has 0 aliphatic rings. The first-order chi connectivity index (χ1) is 0. The minimum absolute atomic E-state index is 0. The molecule has 0 aromatic carbocycles. The molecule has 0 aromatic rings. The predicted molar refractivity (Wildman–Crippen MR) is 17.9 cm³/mol. The van der Waals surface area contributed by atoms with Crippen LogP contribution in [0.1, 0.15) is 2.85 Å². The quantitative estimate of drug-likeness (QED) is 0.472. The molecule has 0 fully saturated rings. The molecule has 0 rings (SSSR count). The Labute approximate surface area is 120 Å². The zero-order valence-corrected chi connectivity index (χ0v) is 8.23. The van der Waals surface area contributed by atoms with Gasteiger partial charge in [0.2, 0.25) is 0 Å². The van der Waals surface area contributed by atoms with E-state index in [9.17, 15) is 0 Å². The summed E-state index contributed by atoms with van der Waals surface area (Å²) in [5.41, 5.74) is 0. The molecular formula is H5AlCeMgTb. The zero-order chi connectivity index (χ0) is 0. The minimum Gasteiger partial charge on any atom is -1.00 e.